The molecule has 4 amide bonds. The topological polar surface area (TPSA) is 194 Å². The standard InChI is InChI=1S/C29H26N4O10/c1-4-43-28(38)21-13(2)18-19-22(26(36)30(24(19)34)14-9-5-7-11-16(14)32(39)40)29(21,3)23-20(18)25(35)31(27(23)37)15-10-6-8-12-17(15)33(41)42/h5-12,18-20,22-23,39,41H,4H2,1-3H3/q-2. The van der Waals surface area contributed by atoms with Crippen molar-refractivity contribution in [1.29, 1.82) is 0 Å². The third-order valence-electron chi connectivity index (χ3n) is 9.34. The van der Waals surface area contributed by atoms with Gasteiger partial charge in [0.15, 0.2) is 0 Å². The lowest BCUT2D eigenvalue weighted by Gasteiger charge is -2.55. The van der Waals surface area contributed by atoms with E-state index in [1.54, 1.807) is 13.8 Å². The molecule has 2 N–H and O–H groups in total. The van der Waals surface area contributed by atoms with Crippen molar-refractivity contribution in [3.8, 4) is 0 Å². The van der Waals surface area contributed by atoms with Gasteiger partial charge >= 0.3 is 5.97 Å². The number of imide groups is 2. The summed E-state index contributed by atoms with van der Waals surface area (Å²) < 4.78 is 5.34. The van der Waals surface area contributed by atoms with Crippen molar-refractivity contribution in [3.63, 3.8) is 0 Å². The van der Waals surface area contributed by atoms with Gasteiger partial charge in [-0.25, -0.2) is 14.6 Å². The lowest BCUT2D eigenvalue weighted by atomic mass is 9.43. The summed E-state index contributed by atoms with van der Waals surface area (Å²) >= 11 is 0. The van der Waals surface area contributed by atoms with E-state index >= 15 is 0 Å². The van der Waals surface area contributed by atoms with Crippen LogP contribution in [0.2, 0.25) is 0 Å². The van der Waals surface area contributed by atoms with Crippen molar-refractivity contribution < 1.29 is 39.1 Å². The Bertz CT molecular complexity index is 1540. The van der Waals surface area contributed by atoms with Crippen molar-refractivity contribution in [1.82, 2.24) is 0 Å². The molecule has 4 atom stereocenters. The zero-order chi connectivity index (χ0) is 31.1. The Labute approximate surface area is 244 Å². The average molecular weight is 591 g/mol. The van der Waals surface area contributed by atoms with Crippen LogP contribution in [0.25, 0.3) is 0 Å². The molecule has 2 aromatic carbocycles. The maximum Gasteiger partial charge on any atom is 0.334 e. The number of rotatable bonds is 6. The Balaban J connectivity index is 1.56. The smallest absolute Gasteiger partial charge is 0.334 e. The molecule has 14 nitrogen and oxygen atoms in total. The number of ether oxygens (including phenoxy) is 1. The molecule has 3 fully saturated rings. The monoisotopic (exact) mass is 590 g/mol. The van der Waals surface area contributed by atoms with E-state index in [0.717, 1.165) is 9.80 Å². The van der Waals surface area contributed by atoms with E-state index in [4.69, 9.17) is 4.74 Å². The van der Waals surface area contributed by atoms with Crippen molar-refractivity contribution >= 4 is 52.3 Å². The second kappa shape index (κ2) is 9.70. The van der Waals surface area contributed by atoms with Crippen LogP contribution in [0.1, 0.15) is 20.8 Å². The van der Waals surface area contributed by atoms with E-state index in [1.165, 1.54) is 55.5 Å². The van der Waals surface area contributed by atoms with Crippen LogP contribution in [0.4, 0.5) is 22.7 Å². The zero-order valence-corrected chi connectivity index (χ0v) is 23.2. The van der Waals surface area contributed by atoms with Crippen LogP contribution in [0.5, 0.6) is 0 Å². The summed E-state index contributed by atoms with van der Waals surface area (Å²) in [5.74, 6) is -10.1. The Morgan fingerprint density at radius 3 is 1.63 bits per heavy atom. The van der Waals surface area contributed by atoms with Gasteiger partial charge in [0.05, 0.1) is 53.0 Å². The SMILES string of the molecule is CCOC(=O)C1=C(C)C2C3C(=O)N(c4ccccc4N([O-])O)C(=O)C3C1(C)C1C(=O)N(c3ccccc3N([O-])O)C(=O)C21. The normalized spacial score (nSPS) is 29.3. The van der Waals surface area contributed by atoms with Crippen LogP contribution in [-0.2, 0) is 28.7 Å². The van der Waals surface area contributed by atoms with Crippen LogP contribution >= 0.6 is 0 Å². The average Bonchev–Trinajstić information content (AvgIpc) is 3.39. The molecule has 3 aliphatic carbocycles. The maximum absolute atomic E-state index is 14.3. The Morgan fingerprint density at radius 1 is 0.814 bits per heavy atom. The molecule has 7 rings (SSSR count). The van der Waals surface area contributed by atoms with Gasteiger partial charge in [-0.15, -0.1) is 0 Å². The fraction of sp³-hybridized carbons (Fsp3) is 0.345. The van der Waals surface area contributed by atoms with Crippen molar-refractivity contribution in [2.45, 2.75) is 20.8 Å². The first-order valence-corrected chi connectivity index (χ1v) is 13.5. The summed E-state index contributed by atoms with van der Waals surface area (Å²) in [7, 11) is 0. The summed E-state index contributed by atoms with van der Waals surface area (Å²) in [6.07, 6.45) is 0. The van der Waals surface area contributed by atoms with Gasteiger partial charge in [0.2, 0.25) is 23.6 Å². The van der Waals surface area contributed by atoms with Gasteiger partial charge in [-0.05, 0) is 38.1 Å². The number of carbonyl (C=O) groups is 5. The fourth-order valence-electron chi connectivity index (χ4n) is 7.91. The molecule has 2 bridgehead atoms. The van der Waals surface area contributed by atoms with Crippen LogP contribution in [0.15, 0.2) is 59.7 Å². The fourth-order valence-corrected chi connectivity index (χ4v) is 7.91. The van der Waals surface area contributed by atoms with Gasteiger partial charge in [-0.3, -0.25) is 29.6 Å². The number of nitrogens with zero attached hydrogens (tertiary/aromatic N) is 4. The number of amides is 4. The van der Waals surface area contributed by atoms with Gasteiger partial charge in [-0.1, -0.05) is 36.8 Å². The molecule has 14 heteroatoms. The first kappa shape index (κ1) is 28.5. The van der Waals surface area contributed by atoms with Gasteiger partial charge in [-0.2, -0.15) is 0 Å². The summed E-state index contributed by atoms with van der Waals surface area (Å²) in [5.41, 5.74) is -2.56. The number of carbonyl (C=O) groups excluding carboxylic acids is 5. The predicted octanol–water partition coefficient (Wildman–Crippen LogP) is 2.51. The number of esters is 1. The van der Waals surface area contributed by atoms with Gasteiger partial charge in [0, 0.05) is 16.9 Å². The molecular weight excluding hydrogens is 564 g/mol. The maximum atomic E-state index is 14.3. The molecule has 0 spiro atoms. The predicted molar refractivity (Wildman–Crippen MR) is 148 cm³/mol. The Kier molecular flexibility index (Phi) is 6.43. The largest absolute Gasteiger partial charge is 0.733 e. The number of hydrogen-bond donors (Lipinski definition) is 2. The number of allylic oxidation sites excluding steroid dienone is 1. The number of anilines is 4. The third-order valence-corrected chi connectivity index (χ3v) is 9.34. The number of hydrogen-bond acceptors (Lipinski definition) is 12. The second-order valence-electron chi connectivity index (χ2n) is 11.1. The van der Waals surface area contributed by atoms with E-state index in [-0.39, 0.29) is 34.9 Å². The molecule has 224 valence electrons. The molecule has 0 aromatic heterocycles. The summed E-state index contributed by atoms with van der Waals surface area (Å²) in [4.78, 5) is 71.8. The molecule has 5 aliphatic rings. The van der Waals surface area contributed by atoms with E-state index in [1.807, 2.05) is 0 Å². The first-order chi connectivity index (χ1) is 20.4. The summed E-state index contributed by atoms with van der Waals surface area (Å²) in [6.45, 7) is 4.60. The number of para-hydroxylation sites is 4. The van der Waals surface area contributed by atoms with Gasteiger partial charge in [0.25, 0.3) is 0 Å². The highest BCUT2D eigenvalue weighted by Crippen LogP contribution is 2.69. The molecular formula is C29H26N4O10-2. The highest BCUT2D eigenvalue weighted by molar-refractivity contribution is 6.28. The van der Waals surface area contributed by atoms with E-state index in [9.17, 15) is 44.8 Å². The minimum absolute atomic E-state index is 0.00893. The summed E-state index contributed by atoms with van der Waals surface area (Å²) in [5, 5.41) is 42.3. The lowest BCUT2D eigenvalue weighted by Crippen LogP contribution is -2.61. The van der Waals surface area contributed by atoms with E-state index in [2.05, 4.69) is 0 Å². The molecule has 43 heavy (non-hydrogen) atoms. The molecule has 0 radical (unpaired) electrons. The van der Waals surface area contributed by atoms with Crippen molar-refractivity contribution in [3.05, 3.63) is 70.1 Å². The van der Waals surface area contributed by atoms with Crippen molar-refractivity contribution in [2.24, 2.45) is 35.0 Å². The Morgan fingerprint density at radius 2 is 1.23 bits per heavy atom. The molecule has 4 unspecified atom stereocenters. The zero-order valence-electron chi connectivity index (χ0n) is 23.2. The molecule has 2 aliphatic heterocycles. The van der Waals surface area contributed by atoms with Crippen LogP contribution in [0.3, 0.4) is 0 Å². The molecule has 2 saturated heterocycles. The Hall–Kier alpha value is -4.63. The second-order valence-corrected chi connectivity index (χ2v) is 11.1. The highest BCUT2D eigenvalue weighted by Gasteiger charge is 2.77. The quantitative estimate of drug-likeness (QED) is 0.284. The van der Waals surface area contributed by atoms with Gasteiger partial charge < -0.3 is 25.6 Å². The molecule has 1 saturated carbocycles. The lowest BCUT2D eigenvalue weighted by molar-refractivity contribution is -0.155. The first-order valence-electron chi connectivity index (χ1n) is 13.5. The van der Waals surface area contributed by atoms with Gasteiger partial charge in [0.1, 0.15) is 0 Å². The minimum atomic E-state index is -1.74. The highest BCUT2D eigenvalue weighted by atomic mass is 16.8. The third kappa shape index (κ3) is 3.57. The van der Waals surface area contributed by atoms with Crippen LogP contribution in [0, 0.1) is 45.4 Å². The van der Waals surface area contributed by atoms with E-state index in [0.29, 0.717) is 5.57 Å². The summed E-state index contributed by atoms with van der Waals surface area (Å²) in [6, 6.07) is 10.8. The number of benzene rings is 2. The van der Waals surface area contributed by atoms with E-state index < -0.39 is 75.1 Å². The minimum Gasteiger partial charge on any atom is -0.733 e. The van der Waals surface area contributed by atoms with Crippen LogP contribution in [-0.4, -0.2) is 46.6 Å². The molecule has 2 heterocycles. The van der Waals surface area contributed by atoms with Crippen LogP contribution < -0.4 is 20.3 Å². The molecule has 2 aromatic rings. The van der Waals surface area contributed by atoms with Crippen molar-refractivity contribution in [2.75, 3.05) is 26.9 Å².